The SMILES string of the molecule is COCCOC1CCN(NS(=O)(=O)N(Cc2ccccc2)C(=O)O)C(Oc2ncc(C(F)(F)F)cc2Cl)C1. The number of amides is 1. The fourth-order valence-electron chi connectivity index (χ4n) is 3.56. The molecule has 16 heteroatoms. The standard InChI is InChI=1S/C22H26ClF3N4O7S/c1-35-9-10-36-17-7-8-29(19(12-17)37-20-18(23)11-16(13-27-20)22(24,25)26)28-38(33,34)30(21(31)32)14-15-5-3-2-4-6-15/h2-6,11,13,17,19,28H,7-10,12,14H2,1H3,(H,31,32). The van der Waals surface area contributed by atoms with Crippen LogP contribution < -0.4 is 9.57 Å². The van der Waals surface area contributed by atoms with E-state index in [-0.39, 0.29) is 29.8 Å². The molecule has 1 amide bonds. The number of nitrogens with zero attached hydrogens (tertiary/aromatic N) is 3. The van der Waals surface area contributed by atoms with Crippen LogP contribution in [0.25, 0.3) is 0 Å². The molecule has 2 atom stereocenters. The van der Waals surface area contributed by atoms with E-state index in [9.17, 15) is 31.5 Å². The van der Waals surface area contributed by atoms with Crippen LogP contribution in [0.2, 0.25) is 5.02 Å². The van der Waals surface area contributed by atoms with E-state index in [0.29, 0.717) is 30.9 Å². The summed E-state index contributed by atoms with van der Waals surface area (Å²) in [4.78, 5) is 17.7. The number of aromatic nitrogens is 1. The summed E-state index contributed by atoms with van der Waals surface area (Å²) >= 11 is 5.98. The average molecular weight is 583 g/mol. The number of rotatable bonds is 11. The van der Waals surface area contributed by atoms with Gasteiger partial charge in [0.1, 0.15) is 5.02 Å². The van der Waals surface area contributed by atoms with Crippen molar-refractivity contribution in [2.45, 2.75) is 37.9 Å². The van der Waals surface area contributed by atoms with Crippen LogP contribution in [-0.4, -0.2) is 73.1 Å². The minimum Gasteiger partial charge on any atom is -0.464 e. The van der Waals surface area contributed by atoms with Crippen LogP contribution in [0.4, 0.5) is 18.0 Å². The van der Waals surface area contributed by atoms with E-state index in [1.54, 1.807) is 30.3 Å². The lowest BCUT2D eigenvalue weighted by atomic mass is 10.1. The monoisotopic (exact) mass is 582 g/mol. The number of ether oxygens (including phenoxy) is 3. The number of piperidine rings is 1. The van der Waals surface area contributed by atoms with Gasteiger partial charge in [0.2, 0.25) is 5.88 Å². The van der Waals surface area contributed by atoms with Gasteiger partial charge in [0, 0.05) is 26.3 Å². The second-order valence-electron chi connectivity index (χ2n) is 8.16. The van der Waals surface area contributed by atoms with Crippen molar-refractivity contribution in [3.63, 3.8) is 0 Å². The molecule has 2 N–H and O–H groups in total. The number of carbonyl (C=O) groups is 1. The molecule has 2 unspecified atom stereocenters. The van der Waals surface area contributed by atoms with Gasteiger partial charge in [0.05, 0.1) is 31.4 Å². The summed E-state index contributed by atoms with van der Waals surface area (Å²) in [6, 6.07) is 8.74. The van der Waals surface area contributed by atoms with Crippen LogP contribution in [0.1, 0.15) is 24.0 Å². The smallest absolute Gasteiger partial charge is 0.422 e. The van der Waals surface area contributed by atoms with Gasteiger partial charge in [-0.15, -0.1) is 4.83 Å². The number of benzene rings is 1. The summed E-state index contributed by atoms with van der Waals surface area (Å²) in [6.07, 6.45) is -7.06. The van der Waals surface area contributed by atoms with Crippen LogP contribution >= 0.6 is 11.6 Å². The number of hydrogen-bond acceptors (Lipinski definition) is 8. The molecule has 38 heavy (non-hydrogen) atoms. The molecule has 2 aromatic rings. The van der Waals surface area contributed by atoms with Crippen molar-refractivity contribution in [1.29, 1.82) is 0 Å². The third kappa shape index (κ3) is 8.15. The Kier molecular flexibility index (Phi) is 10.1. The summed E-state index contributed by atoms with van der Waals surface area (Å²) in [7, 11) is -3.16. The highest BCUT2D eigenvalue weighted by Gasteiger charge is 2.38. The summed E-state index contributed by atoms with van der Waals surface area (Å²) in [5.41, 5.74) is -0.658. The zero-order chi connectivity index (χ0) is 27.9. The highest BCUT2D eigenvalue weighted by atomic mass is 35.5. The van der Waals surface area contributed by atoms with Gasteiger partial charge in [0.15, 0.2) is 6.23 Å². The van der Waals surface area contributed by atoms with E-state index in [1.165, 1.54) is 7.11 Å². The first-order chi connectivity index (χ1) is 17.9. The van der Waals surface area contributed by atoms with E-state index in [1.807, 2.05) is 0 Å². The Labute approximate surface area is 222 Å². The Bertz CT molecular complexity index is 1190. The number of hydrazine groups is 1. The molecule has 210 valence electrons. The molecule has 0 spiro atoms. The number of methoxy groups -OCH3 is 1. The molecule has 1 aromatic carbocycles. The molecule has 1 aromatic heterocycles. The molecule has 2 heterocycles. The molecular formula is C22H26ClF3N4O7S. The maximum Gasteiger partial charge on any atom is 0.422 e. The molecular weight excluding hydrogens is 557 g/mol. The molecule has 1 aliphatic rings. The fourth-order valence-corrected chi connectivity index (χ4v) is 4.90. The highest BCUT2D eigenvalue weighted by Crippen LogP contribution is 2.34. The Morgan fingerprint density at radius 1 is 1.29 bits per heavy atom. The predicted molar refractivity (Wildman–Crippen MR) is 128 cm³/mol. The van der Waals surface area contributed by atoms with E-state index in [2.05, 4.69) is 9.82 Å². The molecule has 1 fully saturated rings. The van der Waals surface area contributed by atoms with E-state index in [4.69, 9.17) is 25.8 Å². The Hall–Kier alpha value is -2.69. The van der Waals surface area contributed by atoms with Gasteiger partial charge in [-0.1, -0.05) is 41.9 Å². The second kappa shape index (κ2) is 12.9. The normalized spacial score (nSPS) is 18.8. The lowest BCUT2D eigenvalue weighted by Crippen LogP contribution is -2.59. The first-order valence-electron chi connectivity index (χ1n) is 11.2. The van der Waals surface area contributed by atoms with Crippen molar-refractivity contribution >= 4 is 27.9 Å². The number of alkyl halides is 3. The van der Waals surface area contributed by atoms with Crippen molar-refractivity contribution < 1.29 is 45.7 Å². The maximum absolute atomic E-state index is 13.1. The topological polar surface area (TPSA) is 131 Å². The summed E-state index contributed by atoms with van der Waals surface area (Å²) in [6.45, 7) is 0.0962. The van der Waals surface area contributed by atoms with Gasteiger partial charge in [0.25, 0.3) is 0 Å². The Morgan fingerprint density at radius 3 is 2.61 bits per heavy atom. The highest BCUT2D eigenvalue weighted by molar-refractivity contribution is 7.87. The maximum atomic E-state index is 13.1. The minimum absolute atomic E-state index is 0.0125. The molecule has 1 saturated heterocycles. The predicted octanol–water partition coefficient (Wildman–Crippen LogP) is 3.52. The van der Waals surface area contributed by atoms with Crippen LogP contribution in [0, 0.1) is 0 Å². The van der Waals surface area contributed by atoms with Crippen molar-refractivity contribution in [3.05, 3.63) is 58.7 Å². The van der Waals surface area contributed by atoms with E-state index < -0.39 is 51.9 Å². The molecule has 3 rings (SSSR count). The first-order valence-corrected chi connectivity index (χ1v) is 13.1. The minimum atomic E-state index is -4.68. The zero-order valence-electron chi connectivity index (χ0n) is 20.1. The fraction of sp³-hybridized carbons (Fsp3) is 0.455. The molecule has 0 saturated carbocycles. The van der Waals surface area contributed by atoms with Gasteiger partial charge in [-0.2, -0.15) is 30.9 Å². The quantitative estimate of drug-likeness (QED) is 0.382. The Balaban J connectivity index is 1.82. The van der Waals surface area contributed by atoms with Gasteiger partial charge < -0.3 is 19.3 Å². The van der Waals surface area contributed by atoms with Gasteiger partial charge in [-0.25, -0.2) is 9.78 Å². The largest absolute Gasteiger partial charge is 0.464 e. The average Bonchev–Trinajstić information content (AvgIpc) is 2.85. The van der Waals surface area contributed by atoms with Crippen LogP contribution in [-0.2, 0) is 32.4 Å². The summed E-state index contributed by atoms with van der Waals surface area (Å²) in [5.74, 6) is -0.370. The first kappa shape index (κ1) is 29.9. The summed E-state index contributed by atoms with van der Waals surface area (Å²) < 4.78 is 81.8. The Morgan fingerprint density at radius 2 is 2.00 bits per heavy atom. The van der Waals surface area contributed by atoms with Crippen molar-refractivity contribution in [2.75, 3.05) is 26.9 Å². The second-order valence-corrected chi connectivity index (χ2v) is 10.1. The molecule has 11 nitrogen and oxygen atoms in total. The van der Waals surface area contributed by atoms with Crippen LogP contribution in [0.3, 0.4) is 0 Å². The third-order valence-corrected chi connectivity index (χ3v) is 7.03. The van der Waals surface area contributed by atoms with Crippen molar-refractivity contribution in [1.82, 2.24) is 19.1 Å². The van der Waals surface area contributed by atoms with E-state index >= 15 is 0 Å². The third-order valence-electron chi connectivity index (χ3n) is 5.43. The number of nitrogens with one attached hydrogen (secondary N) is 1. The molecule has 0 bridgehead atoms. The van der Waals surface area contributed by atoms with Gasteiger partial charge in [-0.3, -0.25) is 0 Å². The number of halogens is 4. The van der Waals surface area contributed by atoms with Crippen LogP contribution in [0.15, 0.2) is 42.6 Å². The van der Waals surface area contributed by atoms with Gasteiger partial charge in [-0.05, 0) is 18.1 Å². The van der Waals surface area contributed by atoms with Crippen molar-refractivity contribution in [2.24, 2.45) is 0 Å². The number of hydrogen-bond donors (Lipinski definition) is 2. The lowest BCUT2D eigenvalue weighted by Gasteiger charge is -2.39. The summed E-state index contributed by atoms with van der Waals surface area (Å²) in [5, 5.41) is 10.3. The molecule has 0 aliphatic carbocycles. The zero-order valence-corrected chi connectivity index (χ0v) is 21.7. The van der Waals surface area contributed by atoms with Crippen molar-refractivity contribution in [3.8, 4) is 5.88 Å². The van der Waals surface area contributed by atoms with Crippen LogP contribution in [0.5, 0.6) is 5.88 Å². The van der Waals surface area contributed by atoms with E-state index in [0.717, 1.165) is 5.01 Å². The van der Waals surface area contributed by atoms with Gasteiger partial charge >= 0.3 is 22.5 Å². The molecule has 1 aliphatic heterocycles. The molecule has 0 radical (unpaired) electrons. The number of pyridine rings is 1. The number of carboxylic acid groups (broad SMARTS) is 1. The lowest BCUT2D eigenvalue weighted by molar-refractivity contribution is -0.137.